The molecule has 4 aliphatic rings. The Kier molecular flexibility index (Phi) is 13.9. The fourth-order valence-corrected chi connectivity index (χ4v) is 27.6. The molecule has 0 spiro atoms. The summed E-state index contributed by atoms with van der Waals surface area (Å²) in [5, 5.41) is 5.97. The molecule has 7 atom stereocenters. The lowest BCUT2D eigenvalue weighted by Crippen LogP contribution is -2.39. The molecule has 2 aliphatic carbocycles. The van der Waals surface area contributed by atoms with Crippen LogP contribution < -0.4 is 21.2 Å². The Bertz CT molecular complexity index is 2780. The Labute approximate surface area is 416 Å². The van der Waals surface area contributed by atoms with Crippen LogP contribution in [0.4, 0.5) is 0 Å². The minimum Gasteiger partial charge on any atom is -0.248 e. The highest BCUT2D eigenvalue weighted by atomic mass is 31.2. The van der Waals surface area contributed by atoms with Crippen molar-refractivity contribution in [3.8, 4) is 0 Å². The van der Waals surface area contributed by atoms with Crippen LogP contribution in [0.25, 0.3) is 0 Å². The van der Waals surface area contributed by atoms with Gasteiger partial charge in [0.25, 0.3) is 0 Å². The molecule has 2 heterocycles. The monoisotopic (exact) mass is 970 g/mol. The van der Waals surface area contributed by atoms with Gasteiger partial charge in [-0.15, -0.1) is 0 Å². The van der Waals surface area contributed by atoms with Crippen molar-refractivity contribution in [2.24, 2.45) is 0 Å². The van der Waals surface area contributed by atoms with Crippen LogP contribution >= 0.6 is 32.3 Å². The van der Waals surface area contributed by atoms with Gasteiger partial charge in [0.2, 0.25) is 0 Å². The van der Waals surface area contributed by atoms with Gasteiger partial charge in [-0.3, -0.25) is 0 Å². The molecule has 0 N–H and O–H groups in total. The van der Waals surface area contributed by atoms with Gasteiger partial charge in [-0.25, -0.2) is 8.88 Å². The maximum absolute atomic E-state index is 3.19. The summed E-state index contributed by atoms with van der Waals surface area (Å²) in [6, 6.07) is 93.3. The summed E-state index contributed by atoms with van der Waals surface area (Å²) in [6.45, 7) is 0. The maximum atomic E-state index is 3.19. The van der Waals surface area contributed by atoms with Gasteiger partial charge in [0.15, 0.2) is 0 Å². The molecule has 4 fully saturated rings. The molecule has 0 amide bonds. The predicted molar refractivity (Wildman–Crippen MR) is 300 cm³/mol. The number of rotatable bonds is 15. The summed E-state index contributed by atoms with van der Waals surface area (Å²) in [6.07, 6.45) is 10.1. The number of benzene rings is 8. The zero-order valence-corrected chi connectivity index (χ0v) is 43.0. The standard InChI is InChI=1S/C63H62N2P4/c1-8-24-48(25-9-1)60-44-45-61(49-26-10-2-11-27-49)68(60)64(54-42-43-54)67(57-39-20-7-21-40-57)58-41-22-32-52(46-58)59-47-62(50-28-12-3-13-29-50)69(63(59)51-30-14-4-15-31-51)65(53-33-23-34-53)66(55-35-16-5-17-36-55)56-37-18-6-19-38-56/h1-22,24-32,35-41,46,53-54,59-63H,23,33-34,42-45,47H2/t59?,60-,61-,62-,63+,67?,69?/m1/s1. The molecule has 2 saturated carbocycles. The van der Waals surface area contributed by atoms with Crippen LogP contribution in [0.2, 0.25) is 0 Å². The van der Waals surface area contributed by atoms with Crippen molar-refractivity contribution < 1.29 is 0 Å². The zero-order valence-electron chi connectivity index (χ0n) is 39.4. The second kappa shape index (κ2) is 21.0. The van der Waals surface area contributed by atoms with E-state index >= 15 is 0 Å². The van der Waals surface area contributed by atoms with E-state index in [1.165, 1.54) is 94.0 Å². The molecule has 2 aliphatic heterocycles. The fourth-order valence-electron chi connectivity index (χ4n) is 11.7. The highest BCUT2D eigenvalue weighted by Gasteiger charge is 2.53. The fraction of sp³-hybridized carbons (Fsp3) is 0.238. The van der Waals surface area contributed by atoms with Gasteiger partial charge in [0, 0.05) is 50.9 Å². The van der Waals surface area contributed by atoms with Crippen molar-refractivity contribution >= 4 is 53.5 Å². The summed E-state index contributed by atoms with van der Waals surface area (Å²) in [4.78, 5) is 0. The SMILES string of the molecule is c1ccc([C@H]2CC[C@H](c3ccccc3)P2N(C2CC2)P(c2ccccc2)c2cccc(C3C[C@H](c4ccccc4)P(N(C4CCC4)P(c4ccccc4)c4ccccc4)[C@H]3c3ccccc3)c2)cc1. The molecule has 8 aromatic rings. The third-order valence-electron chi connectivity index (χ3n) is 15.2. The Hall–Kier alpha value is -4.60. The molecule has 0 radical (unpaired) electrons. The molecule has 0 aromatic heterocycles. The summed E-state index contributed by atoms with van der Waals surface area (Å²) in [7, 11) is -2.90. The van der Waals surface area contributed by atoms with Crippen molar-refractivity contribution in [3.05, 3.63) is 264 Å². The summed E-state index contributed by atoms with van der Waals surface area (Å²) in [5.41, 5.74) is 9.49. The zero-order chi connectivity index (χ0) is 45.9. The summed E-state index contributed by atoms with van der Waals surface area (Å²) < 4.78 is 6.38. The molecule has 69 heavy (non-hydrogen) atoms. The van der Waals surface area contributed by atoms with E-state index in [-0.39, 0.29) is 0 Å². The molecular formula is C63H62N2P4. The molecule has 0 bridgehead atoms. The third-order valence-corrected chi connectivity index (χ3v) is 28.5. The van der Waals surface area contributed by atoms with Crippen molar-refractivity contribution in [3.63, 3.8) is 0 Å². The van der Waals surface area contributed by atoms with Crippen LogP contribution in [0.15, 0.2) is 237 Å². The van der Waals surface area contributed by atoms with Gasteiger partial charge >= 0.3 is 0 Å². The molecule has 2 nitrogen and oxygen atoms in total. The quantitative estimate of drug-likeness (QED) is 0.0945. The Morgan fingerprint density at radius 1 is 0.319 bits per heavy atom. The Morgan fingerprint density at radius 3 is 1.12 bits per heavy atom. The minimum absolute atomic E-state index is 0.364. The van der Waals surface area contributed by atoms with Crippen molar-refractivity contribution in [2.45, 2.75) is 92.0 Å². The van der Waals surface area contributed by atoms with Crippen LogP contribution in [0.5, 0.6) is 0 Å². The van der Waals surface area contributed by atoms with E-state index in [2.05, 4.69) is 245 Å². The minimum atomic E-state index is -0.828. The lowest BCUT2D eigenvalue weighted by atomic mass is 9.87. The second-order valence-corrected chi connectivity index (χ2v) is 29.1. The van der Waals surface area contributed by atoms with E-state index in [9.17, 15) is 0 Å². The third kappa shape index (κ3) is 9.41. The van der Waals surface area contributed by atoms with E-state index < -0.39 is 32.3 Å². The smallest absolute Gasteiger partial charge is 0.0321 e. The Morgan fingerprint density at radius 2 is 0.681 bits per heavy atom. The van der Waals surface area contributed by atoms with Crippen LogP contribution in [0, 0.1) is 0 Å². The van der Waals surface area contributed by atoms with Crippen LogP contribution in [-0.2, 0) is 0 Å². The van der Waals surface area contributed by atoms with Gasteiger partial charge < -0.3 is 0 Å². The molecule has 6 heteroatoms. The summed E-state index contributed by atoms with van der Waals surface area (Å²) >= 11 is 0. The highest BCUT2D eigenvalue weighted by Crippen LogP contribution is 2.81. The normalized spacial score (nSPS) is 23.3. The van der Waals surface area contributed by atoms with Crippen molar-refractivity contribution in [1.82, 2.24) is 8.88 Å². The predicted octanol–water partition coefficient (Wildman–Crippen LogP) is 16.4. The van der Waals surface area contributed by atoms with Crippen LogP contribution in [0.1, 0.15) is 108 Å². The van der Waals surface area contributed by atoms with Gasteiger partial charge in [-0.05, 0) is 122 Å². The van der Waals surface area contributed by atoms with E-state index in [1.807, 2.05) is 0 Å². The second-order valence-electron chi connectivity index (χ2n) is 19.5. The molecule has 3 unspecified atom stereocenters. The topological polar surface area (TPSA) is 6.48 Å². The number of nitrogens with zero attached hydrogens (tertiary/aromatic N) is 2. The highest BCUT2D eigenvalue weighted by molar-refractivity contribution is 7.80. The molecule has 8 aromatic carbocycles. The lowest BCUT2D eigenvalue weighted by molar-refractivity contribution is 0.314. The van der Waals surface area contributed by atoms with E-state index in [0.29, 0.717) is 40.6 Å². The molecule has 344 valence electrons. The van der Waals surface area contributed by atoms with Crippen molar-refractivity contribution in [2.75, 3.05) is 0 Å². The van der Waals surface area contributed by atoms with Gasteiger partial charge in [0.05, 0.1) is 0 Å². The average molecular weight is 971 g/mol. The van der Waals surface area contributed by atoms with E-state index in [1.54, 1.807) is 0 Å². The summed E-state index contributed by atoms with van der Waals surface area (Å²) in [5.74, 6) is 0.364. The first-order valence-electron chi connectivity index (χ1n) is 25.5. The van der Waals surface area contributed by atoms with Gasteiger partial charge in [-0.1, -0.05) is 237 Å². The largest absolute Gasteiger partial charge is 0.248 e. The maximum Gasteiger partial charge on any atom is 0.0321 e. The van der Waals surface area contributed by atoms with Crippen molar-refractivity contribution in [1.29, 1.82) is 0 Å². The molecule has 2 saturated heterocycles. The van der Waals surface area contributed by atoms with Gasteiger partial charge in [-0.2, -0.15) is 0 Å². The number of hydrogen-bond donors (Lipinski definition) is 0. The molecule has 12 rings (SSSR count). The van der Waals surface area contributed by atoms with E-state index in [0.717, 1.165) is 6.42 Å². The van der Waals surface area contributed by atoms with Gasteiger partial charge in [0.1, 0.15) is 0 Å². The lowest BCUT2D eigenvalue weighted by Gasteiger charge is -2.50. The first-order valence-corrected chi connectivity index (χ1v) is 30.9. The average Bonchev–Trinajstić information content (AvgIpc) is 4.03. The van der Waals surface area contributed by atoms with Crippen LogP contribution in [-0.4, -0.2) is 21.0 Å². The van der Waals surface area contributed by atoms with E-state index in [4.69, 9.17) is 0 Å². The van der Waals surface area contributed by atoms with Crippen LogP contribution in [0.3, 0.4) is 0 Å². The number of hydrogen-bond acceptors (Lipinski definition) is 2. The molecular weight excluding hydrogens is 909 g/mol. The first kappa shape index (κ1) is 45.5. The Balaban J connectivity index is 1.02. The first-order chi connectivity index (χ1) is 34.3.